The number of ether oxygens (including phenoxy) is 1. The third-order valence-corrected chi connectivity index (χ3v) is 6.21. The van der Waals surface area contributed by atoms with Crippen LogP contribution in [0.15, 0.2) is 76.5 Å². The first kappa shape index (κ1) is 21.6. The van der Waals surface area contributed by atoms with Crippen molar-refractivity contribution in [2.45, 2.75) is 16.2 Å². The molecule has 160 valence electrons. The molecule has 0 atom stereocenters. The normalized spacial score (nSPS) is 12.4. The van der Waals surface area contributed by atoms with Gasteiger partial charge in [-0.25, -0.2) is 0 Å². The van der Waals surface area contributed by atoms with Gasteiger partial charge in [0.2, 0.25) is 0 Å². The number of nitrogens with one attached hydrogen (secondary N) is 1. The van der Waals surface area contributed by atoms with E-state index >= 15 is 0 Å². The fourth-order valence-corrected chi connectivity index (χ4v) is 4.64. The molecule has 32 heavy (non-hydrogen) atoms. The van der Waals surface area contributed by atoms with Gasteiger partial charge in [-0.2, -0.15) is 5.26 Å². The van der Waals surface area contributed by atoms with Crippen LogP contribution >= 0.6 is 11.8 Å². The van der Waals surface area contributed by atoms with E-state index in [1.54, 1.807) is 36.3 Å². The monoisotopic (exact) mass is 443 g/mol. The second-order valence-corrected chi connectivity index (χ2v) is 8.30. The minimum absolute atomic E-state index is 0.0741. The Morgan fingerprint density at radius 1 is 1.09 bits per heavy atom. The zero-order valence-corrected chi connectivity index (χ0v) is 18.3. The van der Waals surface area contributed by atoms with Crippen LogP contribution < -0.4 is 10.2 Å². The Morgan fingerprint density at radius 3 is 2.75 bits per heavy atom. The van der Waals surface area contributed by atoms with Crippen LogP contribution in [0.3, 0.4) is 0 Å². The summed E-state index contributed by atoms with van der Waals surface area (Å²) in [4.78, 5) is 29.4. The molecule has 0 unspecified atom stereocenters. The molecule has 3 aromatic rings. The van der Waals surface area contributed by atoms with Crippen LogP contribution in [0.1, 0.15) is 26.3 Å². The number of amides is 2. The predicted octanol–water partition coefficient (Wildman–Crippen LogP) is 4.76. The molecule has 1 aliphatic heterocycles. The second-order valence-electron chi connectivity index (χ2n) is 7.22. The Bertz CT molecular complexity index is 1220. The highest BCUT2D eigenvalue weighted by Gasteiger charge is 2.27. The number of fused-ring (bicyclic) bond motifs is 2. The largest absolute Gasteiger partial charge is 0.383 e. The van der Waals surface area contributed by atoms with Gasteiger partial charge in [-0.15, -0.1) is 0 Å². The summed E-state index contributed by atoms with van der Waals surface area (Å²) < 4.78 is 5.21. The summed E-state index contributed by atoms with van der Waals surface area (Å²) in [6.07, 6.45) is 0.251. The van der Waals surface area contributed by atoms with Crippen molar-refractivity contribution in [2.75, 3.05) is 30.5 Å². The summed E-state index contributed by atoms with van der Waals surface area (Å²) in [6.45, 7) is 0.837. The molecule has 7 heteroatoms. The molecular formula is C25H21N3O3S. The zero-order chi connectivity index (χ0) is 22.5. The van der Waals surface area contributed by atoms with Gasteiger partial charge in [0.05, 0.1) is 30.3 Å². The van der Waals surface area contributed by atoms with Gasteiger partial charge >= 0.3 is 0 Å². The van der Waals surface area contributed by atoms with E-state index in [-0.39, 0.29) is 18.2 Å². The van der Waals surface area contributed by atoms with E-state index in [2.05, 4.69) is 11.4 Å². The lowest BCUT2D eigenvalue weighted by Crippen LogP contribution is -2.33. The molecule has 0 spiro atoms. The maximum atomic E-state index is 13.2. The SMILES string of the molecule is COCCN1C(=O)c2ccccc2Sc2cc(NC(=O)c3cccc(CC#N)c3)ccc21. The third-order valence-electron chi connectivity index (χ3n) is 5.08. The van der Waals surface area contributed by atoms with Crippen molar-refractivity contribution >= 4 is 35.0 Å². The van der Waals surface area contributed by atoms with Crippen LogP contribution in [0.2, 0.25) is 0 Å². The lowest BCUT2D eigenvalue weighted by molar-refractivity contribution is 0.0972. The first-order chi connectivity index (χ1) is 15.6. The van der Waals surface area contributed by atoms with Crippen LogP contribution in [0, 0.1) is 11.3 Å². The van der Waals surface area contributed by atoms with Crippen molar-refractivity contribution in [3.63, 3.8) is 0 Å². The Hall–Kier alpha value is -3.60. The standard InChI is InChI=1S/C25H21N3O3S/c1-31-14-13-28-21-10-9-19(27-24(29)18-6-4-5-17(15-18)11-12-26)16-23(21)32-22-8-3-2-7-20(22)25(28)30/h2-10,15-16H,11,13-14H2,1H3,(H,27,29). The molecule has 4 rings (SSSR count). The summed E-state index contributed by atoms with van der Waals surface area (Å²) in [6, 6.07) is 22.2. The summed E-state index contributed by atoms with van der Waals surface area (Å²) in [7, 11) is 1.61. The molecule has 1 heterocycles. The van der Waals surface area contributed by atoms with Crippen molar-refractivity contribution in [1.29, 1.82) is 5.26 Å². The lowest BCUT2D eigenvalue weighted by atomic mass is 10.1. The van der Waals surface area contributed by atoms with Gasteiger partial charge in [-0.1, -0.05) is 36.0 Å². The number of benzene rings is 3. The summed E-state index contributed by atoms with van der Waals surface area (Å²) >= 11 is 1.50. The molecule has 0 saturated heterocycles. The Balaban J connectivity index is 1.65. The van der Waals surface area contributed by atoms with Crippen molar-refractivity contribution in [1.82, 2.24) is 0 Å². The van der Waals surface area contributed by atoms with E-state index in [0.29, 0.717) is 30.0 Å². The highest BCUT2D eigenvalue weighted by atomic mass is 32.2. The molecule has 0 bridgehead atoms. The van der Waals surface area contributed by atoms with E-state index in [4.69, 9.17) is 10.00 Å². The highest BCUT2D eigenvalue weighted by Crippen LogP contribution is 2.42. The van der Waals surface area contributed by atoms with Crippen molar-refractivity contribution in [2.24, 2.45) is 0 Å². The van der Waals surface area contributed by atoms with Crippen LogP contribution in [-0.4, -0.2) is 32.1 Å². The number of rotatable bonds is 6. The number of anilines is 2. The molecule has 6 nitrogen and oxygen atoms in total. The first-order valence-electron chi connectivity index (χ1n) is 10.1. The zero-order valence-electron chi connectivity index (χ0n) is 17.5. The second kappa shape index (κ2) is 9.69. The average molecular weight is 444 g/mol. The van der Waals surface area contributed by atoms with Gasteiger partial charge in [-0.3, -0.25) is 9.59 Å². The number of hydrogen-bond acceptors (Lipinski definition) is 5. The molecule has 2 amide bonds. The van der Waals surface area contributed by atoms with Crippen LogP contribution in [-0.2, 0) is 11.2 Å². The smallest absolute Gasteiger partial charge is 0.259 e. The molecule has 1 aliphatic rings. The first-order valence-corrected chi connectivity index (χ1v) is 10.9. The average Bonchev–Trinajstić information content (AvgIpc) is 2.92. The quantitative estimate of drug-likeness (QED) is 0.594. The summed E-state index contributed by atoms with van der Waals surface area (Å²) in [5.41, 5.74) is 3.33. The van der Waals surface area contributed by atoms with E-state index in [1.807, 2.05) is 42.5 Å². The van der Waals surface area contributed by atoms with E-state index in [0.717, 1.165) is 21.0 Å². The van der Waals surface area contributed by atoms with Gasteiger partial charge in [-0.05, 0) is 48.0 Å². The molecule has 0 fully saturated rings. The Labute approximate surface area is 190 Å². The molecular weight excluding hydrogens is 422 g/mol. The van der Waals surface area contributed by atoms with E-state index < -0.39 is 0 Å². The predicted molar refractivity (Wildman–Crippen MR) is 124 cm³/mol. The molecule has 3 aromatic carbocycles. The van der Waals surface area contributed by atoms with Crippen LogP contribution in [0.4, 0.5) is 11.4 Å². The van der Waals surface area contributed by atoms with Gasteiger partial charge in [0.1, 0.15) is 0 Å². The molecule has 1 N–H and O–H groups in total. The number of nitriles is 1. The number of nitrogens with zero attached hydrogens (tertiary/aromatic N) is 2. The number of methoxy groups -OCH3 is 1. The Morgan fingerprint density at radius 2 is 1.94 bits per heavy atom. The van der Waals surface area contributed by atoms with Gasteiger partial charge in [0.25, 0.3) is 11.8 Å². The third kappa shape index (κ3) is 4.52. The summed E-state index contributed by atoms with van der Waals surface area (Å²) in [5.74, 6) is -0.328. The number of hydrogen-bond donors (Lipinski definition) is 1. The number of carbonyl (C=O) groups is 2. The molecule has 0 aliphatic carbocycles. The maximum Gasteiger partial charge on any atom is 0.259 e. The van der Waals surface area contributed by atoms with E-state index in [9.17, 15) is 9.59 Å². The highest BCUT2D eigenvalue weighted by molar-refractivity contribution is 7.99. The molecule has 0 radical (unpaired) electrons. The lowest BCUT2D eigenvalue weighted by Gasteiger charge is -2.23. The Kier molecular flexibility index (Phi) is 6.55. The van der Waals surface area contributed by atoms with Crippen molar-refractivity contribution < 1.29 is 14.3 Å². The topological polar surface area (TPSA) is 82.4 Å². The molecule has 0 saturated carbocycles. The maximum absolute atomic E-state index is 13.2. The summed E-state index contributed by atoms with van der Waals surface area (Å²) in [5, 5.41) is 11.8. The fraction of sp³-hybridized carbons (Fsp3) is 0.160. The van der Waals surface area contributed by atoms with Gasteiger partial charge < -0.3 is 15.0 Å². The minimum atomic E-state index is -0.254. The fourth-order valence-electron chi connectivity index (χ4n) is 3.52. The van der Waals surface area contributed by atoms with Crippen molar-refractivity contribution in [3.05, 3.63) is 83.4 Å². The molecule has 0 aromatic heterocycles. The number of carbonyl (C=O) groups excluding carboxylic acids is 2. The minimum Gasteiger partial charge on any atom is -0.383 e. The van der Waals surface area contributed by atoms with Crippen LogP contribution in [0.25, 0.3) is 0 Å². The van der Waals surface area contributed by atoms with Gasteiger partial charge in [0.15, 0.2) is 0 Å². The van der Waals surface area contributed by atoms with Crippen LogP contribution in [0.5, 0.6) is 0 Å². The van der Waals surface area contributed by atoms with E-state index in [1.165, 1.54) is 11.8 Å². The van der Waals surface area contributed by atoms with Crippen molar-refractivity contribution in [3.8, 4) is 6.07 Å². The van der Waals surface area contributed by atoms with Gasteiger partial charge in [0, 0.05) is 34.7 Å².